The fourth-order valence-corrected chi connectivity index (χ4v) is 5.13. The lowest BCUT2D eigenvalue weighted by atomic mass is 9.77. The van der Waals surface area contributed by atoms with Gasteiger partial charge in [-0.3, -0.25) is 4.79 Å². The molecule has 3 aromatic heterocycles. The Morgan fingerprint density at radius 2 is 1.94 bits per heavy atom. The molecule has 3 aliphatic rings. The number of aldehydes is 1. The first-order valence-corrected chi connectivity index (χ1v) is 11.5. The number of alkyl halides is 3. The first-order valence-electron chi connectivity index (χ1n) is 11.1. The summed E-state index contributed by atoms with van der Waals surface area (Å²) in [5, 5.41) is -0.180. The third-order valence-corrected chi connectivity index (χ3v) is 6.78. The second-order valence-corrected chi connectivity index (χ2v) is 9.23. The molecule has 3 fully saturated rings. The highest BCUT2D eigenvalue weighted by Gasteiger charge is 2.44. The lowest BCUT2D eigenvalue weighted by molar-refractivity contribution is -0.137. The van der Waals surface area contributed by atoms with E-state index in [9.17, 15) is 18.0 Å². The zero-order chi connectivity index (χ0) is 24.7. The zero-order valence-electron chi connectivity index (χ0n) is 18.7. The zero-order valence-corrected chi connectivity index (χ0v) is 19.4. The Balaban J connectivity index is 1.46. The van der Waals surface area contributed by atoms with Gasteiger partial charge >= 0.3 is 6.18 Å². The smallest absolute Gasteiger partial charge is 0.417 e. The fraction of sp³-hybridized carbons (Fsp3) is 0.375. The van der Waals surface area contributed by atoms with E-state index >= 15 is 0 Å². The molecule has 7 nitrogen and oxygen atoms in total. The molecule has 2 saturated heterocycles. The quantitative estimate of drug-likeness (QED) is 0.445. The number of aryl methyl sites for hydroxylation is 1. The number of pyridine rings is 2. The maximum atomic E-state index is 13.0. The summed E-state index contributed by atoms with van der Waals surface area (Å²) in [6.07, 6.45) is 2.35. The highest BCUT2D eigenvalue weighted by atomic mass is 35.5. The summed E-state index contributed by atoms with van der Waals surface area (Å²) in [6.45, 7) is 2.64. The molecule has 0 aromatic carbocycles. The van der Waals surface area contributed by atoms with Gasteiger partial charge in [0.15, 0.2) is 12.1 Å². The van der Waals surface area contributed by atoms with Crippen LogP contribution in [-0.4, -0.2) is 44.9 Å². The second-order valence-electron chi connectivity index (χ2n) is 8.82. The van der Waals surface area contributed by atoms with Gasteiger partial charge in [-0.15, -0.1) is 0 Å². The van der Waals surface area contributed by atoms with Crippen molar-refractivity contribution in [2.75, 3.05) is 11.4 Å². The van der Waals surface area contributed by atoms with Crippen molar-refractivity contribution in [3.63, 3.8) is 0 Å². The van der Waals surface area contributed by atoms with Crippen LogP contribution in [0.15, 0.2) is 36.8 Å². The van der Waals surface area contributed by atoms with E-state index in [-0.39, 0.29) is 23.0 Å². The van der Waals surface area contributed by atoms with Crippen molar-refractivity contribution >= 4 is 23.7 Å². The number of halogens is 4. The number of nitrogens with zero attached hydrogens (tertiary/aromatic N) is 5. The Labute approximate surface area is 204 Å². The number of carbonyl (C=O) groups excluding carboxylic acids is 1. The fourth-order valence-electron chi connectivity index (χ4n) is 4.92. The highest BCUT2D eigenvalue weighted by Crippen LogP contribution is 2.42. The van der Waals surface area contributed by atoms with E-state index in [1.807, 2.05) is 6.92 Å². The van der Waals surface area contributed by atoms with Gasteiger partial charge in [0.2, 0.25) is 5.88 Å². The highest BCUT2D eigenvalue weighted by molar-refractivity contribution is 6.31. The van der Waals surface area contributed by atoms with Gasteiger partial charge in [-0.1, -0.05) is 11.6 Å². The van der Waals surface area contributed by atoms with Crippen LogP contribution in [0.3, 0.4) is 0 Å². The van der Waals surface area contributed by atoms with Crippen LogP contribution >= 0.6 is 11.6 Å². The number of hydrogen-bond donors (Lipinski definition) is 0. The molecule has 2 bridgehead atoms. The minimum atomic E-state index is -4.53. The minimum absolute atomic E-state index is 0.0171. The Morgan fingerprint density at radius 3 is 2.60 bits per heavy atom. The normalized spacial score (nSPS) is 21.7. The molecule has 0 amide bonds. The van der Waals surface area contributed by atoms with Crippen LogP contribution in [0.1, 0.15) is 40.7 Å². The molecule has 1 aliphatic carbocycles. The molecule has 6 rings (SSSR count). The molecule has 0 radical (unpaired) electrons. The first-order chi connectivity index (χ1) is 16.7. The molecule has 5 heterocycles. The lowest BCUT2D eigenvalue weighted by Crippen LogP contribution is -2.58. The standard InChI is InChI=1S/C24H21ClF3N5O2/c1-13-7-15(12-34)20(21-29-5-2-6-30-21)32-22(13)33-11-14-3-4-18(33)19(8-14)35-23-17(25)9-16(10-31-23)24(26,27)28/h2,5-7,9-10,12,14,18-19H,3-4,8,11H2,1H3/t14-,18+,19-/m1/s1. The van der Waals surface area contributed by atoms with E-state index in [4.69, 9.17) is 21.3 Å². The topological polar surface area (TPSA) is 81.1 Å². The molecule has 182 valence electrons. The molecule has 3 atom stereocenters. The Morgan fingerprint density at radius 1 is 1.17 bits per heavy atom. The maximum absolute atomic E-state index is 13.0. The predicted molar refractivity (Wildman–Crippen MR) is 123 cm³/mol. The molecule has 0 unspecified atom stereocenters. The summed E-state index contributed by atoms with van der Waals surface area (Å²) in [7, 11) is 0. The molecule has 1 saturated carbocycles. The van der Waals surface area contributed by atoms with Crippen molar-refractivity contribution < 1.29 is 22.7 Å². The molecule has 0 N–H and O–H groups in total. The monoisotopic (exact) mass is 503 g/mol. The van der Waals surface area contributed by atoms with Gasteiger partial charge < -0.3 is 9.64 Å². The van der Waals surface area contributed by atoms with Crippen LogP contribution < -0.4 is 9.64 Å². The number of piperidine rings is 2. The first kappa shape index (κ1) is 23.5. The van der Waals surface area contributed by atoms with Gasteiger partial charge in [-0.25, -0.2) is 19.9 Å². The van der Waals surface area contributed by atoms with Gasteiger partial charge in [-0.2, -0.15) is 13.2 Å². The van der Waals surface area contributed by atoms with Crippen LogP contribution in [0.4, 0.5) is 19.0 Å². The average Bonchev–Trinajstić information content (AvgIpc) is 2.85. The van der Waals surface area contributed by atoms with Gasteiger partial charge in [0, 0.05) is 30.7 Å². The Kier molecular flexibility index (Phi) is 6.08. The van der Waals surface area contributed by atoms with Crippen LogP contribution in [-0.2, 0) is 6.18 Å². The van der Waals surface area contributed by atoms with Crippen molar-refractivity contribution in [3.05, 3.63) is 58.5 Å². The number of hydrogen-bond acceptors (Lipinski definition) is 7. The third-order valence-electron chi connectivity index (χ3n) is 6.51. The van der Waals surface area contributed by atoms with Gasteiger partial charge in [-0.05, 0) is 55.9 Å². The van der Waals surface area contributed by atoms with Gasteiger partial charge in [0.25, 0.3) is 0 Å². The summed E-state index contributed by atoms with van der Waals surface area (Å²) in [5.74, 6) is 1.34. The van der Waals surface area contributed by atoms with E-state index in [0.717, 1.165) is 49.9 Å². The molecular weight excluding hydrogens is 483 g/mol. The van der Waals surface area contributed by atoms with Crippen LogP contribution in [0, 0.1) is 12.8 Å². The molecule has 35 heavy (non-hydrogen) atoms. The van der Waals surface area contributed by atoms with Crippen molar-refractivity contribution in [2.24, 2.45) is 5.92 Å². The number of ether oxygens (including phenoxy) is 1. The van der Waals surface area contributed by atoms with E-state index in [1.54, 1.807) is 24.5 Å². The van der Waals surface area contributed by atoms with E-state index < -0.39 is 11.7 Å². The lowest BCUT2D eigenvalue weighted by Gasteiger charge is -2.50. The maximum Gasteiger partial charge on any atom is 0.417 e. The average molecular weight is 504 g/mol. The molecule has 2 aliphatic heterocycles. The number of anilines is 1. The van der Waals surface area contributed by atoms with Crippen molar-refractivity contribution in [1.29, 1.82) is 0 Å². The summed E-state index contributed by atoms with van der Waals surface area (Å²) >= 11 is 6.10. The number of carbonyl (C=O) groups is 1. The summed E-state index contributed by atoms with van der Waals surface area (Å²) in [5.41, 5.74) is 0.692. The van der Waals surface area contributed by atoms with Crippen molar-refractivity contribution in [1.82, 2.24) is 19.9 Å². The van der Waals surface area contributed by atoms with Gasteiger partial charge in [0.1, 0.15) is 22.6 Å². The van der Waals surface area contributed by atoms with Gasteiger partial charge in [0.05, 0.1) is 11.6 Å². The summed E-state index contributed by atoms with van der Waals surface area (Å²) in [6, 6.07) is 4.20. The summed E-state index contributed by atoms with van der Waals surface area (Å²) in [4.78, 5) is 31.0. The largest absolute Gasteiger partial charge is 0.471 e. The minimum Gasteiger partial charge on any atom is -0.471 e. The van der Waals surface area contributed by atoms with E-state index in [2.05, 4.69) is 19.9 Å². The number of fused-ring (bicyclic) bond motifs is 3. The molecular formula is C24H21ClF3N5O2. The number of aromatic nitrogens is 4. The second kappa shape index (κ2) is 9.07. The molecule has 0 spiro atoms. The van der Waals surface area contributed by atoms with E-state index in [0.29, 0.717) is 28.8 Å². The van der Waals surface area contributed by atoms with Crippen molar-refractivity contribution in [3.8, 4) is 17.4 Å². The van der Waals surface area contributed by atoms with E-state index in [1.165, 1.54) is 0 Å². The molecule has 3 aromatic rings. The Hall–Kier alpha value is -3.27. The number of rotatable bonds is 5. The van der Waals surface area contributed by atoms with Crippen LogP contribution in [0.25, 0.3) is 11.5 Å². The summed E-state index contributed by atoms with van der Waals surface area (Å²) < 4.78 is 45.0. The molecule has 11 heteroatoms. The third kappa shape index (κ3) is 4.54. The van der Waals surface area contributed by atoms with Crippen LogP contribution in [0.2, 0.25) is 5.02 Å². The Bertz CT molecular complexity index is 1260. The SMILES string of the molecule is Cc1cc(C=O)c(-c2ncccn2)nc1N1C[C@@H]2CC[C@H]1[C@H](Oc1ncc(C(F)(F)F)cc1Cl)C2. The van der Waals surface area contributed by atoms with Crippen LogP contribution in [0.5, 0.6) is 5.88 Å². The predicted octanol–water partition coefficient (Wildman–Crippen LogP) is 5.16. The van der Waals surface area contributed by atoms with Crippen molar-refractivity contribution in [2.45, 2.75) is 44.5 Å².